The number of para-hydroxylation sites is 3. The van der Waals surface area contributed by atoms with Crippen molar-refractivity contribution >= 4 is 11.5 Å². The van der Waals surface area contributed by atoms with Gasteiger partial charge in [0.25, 0.3) is 0 Å². The third-order valence-electron chi connectivity index (χ3n) is 9.13. The number of nitrogens with zero attached hydrogens (tertiary/aromatic N) is 6. The summed E-state index contributed by atoms with van der Waals surface area (Å²) in [4.78, 5) is 62.9. The third-order valence-corrected chi connectivity index (χ3v) is 9.13. The lowest BCUT2D eigenvalue weighted by molar-refractivity contribution is 0.447. The van der Waals surface area contributed by atoms with Gasteiger partial charge in [-0.1, -0.05) is 111 Å². The standard InChI is InChI=1S/C39H31N7O4/c1-26(2)27-22-24-29(25-23-27)40-34-39(28-14-6-3-7-15-28,46-38(50)42(35(47)41-46)30-16-8-4-9-17-30)32-20-12-13-21-33(32)44-36(48)43(37(49)45(34)44)31-18-10-5-11-19-31/h3-26H,1-2H3,(H,41,47). The molecule has 50 heavy (non-hydrogen) atoms. The van der Waals surface area contributed by atoms with Crippen molar-refractivity contribution in [1.29, 1.82) is 0 Å². The number of fused-ring (bicyclic) bond motifs is 3. The molecule has 0 saturated carbocycles. The molecule has 1 atom stereocenters. The number of hydrogen-bond acceptors (Lipinski definition) is 5. The number of aromatic amines is 1. The predicted molar refractivity (Wildman–Crippen MR) is 192 cm³/mol. The van der Waals surface area contributed by atoms with Gasteiger partial charge in [-0.15, -0.1) is 0 Å². The molecule has 11 heteroatoms. The normalized spacial score (nSPS) is 16.0. The van der Waals surface area contributed by atoms with Crippen LogP contribution in [-0.2, 0) is 5.54 Å². The van der Waals surface area contributed by atoms with Crippen LogP contribution in [0.15, 0.2) is 164 Å². The van der Waals surface area contributed by atoms with E-state index in [1.54, 1.807) is 84.9 Å². The number of aliphatic imine (C=N–C) groups is 1. The zero-order valence-corrected chi connectivity index (χ0v) is 27.2. The third kappa shape index (κ3) is 4.47. The second-order valence-electron chi connectivity index (χ2n) is 12.3. The molecule has 1 aliphatic rings. The first-order chi connectivity index (χ1) is 24.3. The van der Waals surface area contributed by atoms with Crippen molar-refractivity contribution in [2.24, 2.45) is 4.99 Å². The monoisotopic (exact) mass is 661 g/mol. The van der Waals surface area contributed by atoms with Crippen LogP contribution >= 0.6 is 0 Å². The molecular formula is C39H31N7O4. The number of nitrogens with one attached hydrogen (secondary N) is 1. The first-order valence-corrected chi connectivity index (χ1v) is 16.2. The number of hydrogen-bond donors (Lipinski definition) is 1. The van der Waals surface area contributed by atoms with E-state index in [0.717, 1.165) is 14.7 Å². The smallest absolute Gasteiger partial charge is 0.246 e. The van der Waals surface area contributed by atoms with Crippen LogP contribution in [0.4, 0.5) is 5.69 Å². The highest BCUT2D eigenvalue weighted by atomic mass is 16.2. The first-order valence-electron chi connectivity index (χ1n) is 16.2. The van der Waals surface area contributed by atoms with E-state index in [9.17, 15) is 19.2 Å². The van der Waals surface area contributed by atoms with Gasteiger partial charge >= 0.3 is 22.8 Å². The lowest BCUT2D eigenvalue weighted by Crippen LogP contribution is -2.58. The Labute approximate surface area is 284 Å². The van der Waals surface area contributed by atoms with E-state index in [0.29, 0.717) is 33.9 Å². The maximum absolute atomic E-state index is 14.8. The Kier molecular flexibility index (Phi) is 7.18. The highest BCUT2D eigenvalue weighted by molar-refractivity contribution is 6.01. The van der Waals surface area contributed by atoms with Crippen molar-refractivity contribution in [1.82, 2.24) is 28.3 Å². The Morgan fingerprint density at radius 2 is 1.12 bits per heavy atom. The predicted octanol–water partition coefficient (Wildman–Crippen LogP) is 4.94. The van der Waals surface area contributed by atoms with Crippen LogP contribution < -0.4 is 22.8 Å². The van der Waals surface area contributed by atoms with E-state index in [4.69, 9.17) is 4.99 Å². The molecule has 11 nitrogen and oxygen atoms in total. The van der Waals surface area contributed by atoms with Gasteiger partial charge in [-0.3, -0.25) is 0 Å². The van der Waals surface area contributed by atoms with Gasteiger partial charge in [0.2, 0.25) is 0 Å². The zero-order valence-electron chi connectivity index (χ0n) is 27.2. The molecule has 0 aliphatic carbocycles. The van der Waals surface area contributed by atoms with E-state index in [1.807, 2.05) is 54.6 Å². The number of benzene rings is 5. The summed E-state index contributed by atoms with van der Waals surface area (Å²) in [6.07, 6.45) is 0. The topological polar surface area (TPSA) is 121 Å². The summed E-state index contributed by atoms with van der Waals surface area (Å²) in [7, 11) is 0. The molecule has 0 amide bonds. The Morgan fingerprint density at radius 1 is 0.580 bits per heavy atom. The van der Waals surface area contributed by atoms with Crippen molar-refractivity contribution < 1.29 is 0 Å². The van der Waals surface area contributed by atoms with Crippen LogP contribution in [0.25, 0.3) is 17.1 Å². The van der Waals surface area contributed by atoms with Gasteiger partial charge in [0, 0.05) is 5.56 Å². The average molecular weight is 662 g/mol. The summed E-state index contributed by atoms with van der Waals surface area (Å²) in [5, 5.41) is 2.83. The van der Waals surface area contributed by atoms with E-state index in [-0.39, 0.29) is 11.8 Å². The average Bonchev–Trinajstić information content (AvgIpc) is 3.60. The van der Waals surface area contributed by atoms with E-state index >= 15 is 0 Å². The molecule has 0 saturated heterocycles. The minimum Gasteiger partial charge on any atom is -0.246 e. The van der Waals surface area contributed by atoms with Gasteiger partial charge < -0.3 is 0 Å². The lowest BCUT2D eigenvalue weighted by atomic mass is 9.79. The largest absolute Gasteiger partial charge is 0.358 e. The Balaban J connectivity index is 1.58. The van der Waals surface area contributed by atoms with Crippen molar-refractivity contribution in [3.8, 4) is 17.1 Å². The van der Waals surface area contributed by atoms with Crippen molar-refractivity contribution in [3.63, 3.8) is 0 Å². The summed E-state index contributed by atoms with van der Waals surface area (Å²) in [5.74, 6) is 0.274. The molecule has 0 bridgehead atoms. The highest BCUT2D eigenvalue weighted by Gasteiger charge is 2.52. The van der Waals surface area contributed by atoms with Gasteiger partial charge in [-0.25, -0.2) is 43.1 Å². The van der Waals surface area contributed by atoms with Crippen molar-refractivity contribution in [3.05, 3.63) is 198 Å². The molecule has 2 aromatic heterocycles. The number of H-pyrrole nitrogens is 1. The molecule has 8 rings (SSSR count). The molecule has 3 heterocycles. The summed E-state index contributed by atoms with van der Waals surface area (Å²) in [6, 6.07) is 40.9. The van der Waals surface area contributed by atoms with Crippen LogP contribution in [0.5, 0.6) is 0 Å². The lowest BCUT2D eigenvalue weighted by Gasteiger charge is -2.40. The van der Waals surface area contributed by atoms with Crippen LogP contribution in [-0.4, -0.2) is 34.1 Å². The Hall–Kier alpha value is -6.75. The first kappa shape index (κ1) is 30.6. The van der Waals surface area contributed by atoms with Crippen LogP contribution in [0, 0.1) is 0 Å². The van der Waals surface area contributed by atoms with Gasteiger partial charge in [0.1, 0.15) is 0 Å². The molecular weight excluding hydrogens is 630 g/mol. The molecule has 0 spiro atoms. The molecule has 0 fully saturated rings. The van der Waals surface area contributed by atoms with E-state index in [1.165, 1.54) is 14.0 Å². The molecule has 7 aromatic rings. The van der Waals surface area contributed by atoms with Crippen LogP contribution in [0.3, 0.4) is 0 Å². The minimum absolute atomic E-state index is 0.0139. The number of rotatable bonds is 6. The Bertz CT molecular complexity index is 2640. The SMILES string of the molecule is CC(C)c1ccc(N=C2n3c(=O)n(-c4ccccc4)c(=O)n3-c3ccccc3C2(c2ccccc2)n2[nH]c(=O)n(-c3ccccc3)c2=O)cc1. The second kappa shape index (κ2) is 11.7. The molecule has 1 N–H and O–H groups in total. The van der Waals surface area contributed by atoms with E-state index < -0.39 is 28.3 Å². The molecule has 1 aliphatic heterocycles. The maximum atomic E-state index is 14.8. The van der Waals surface area contributed by atoms with Crippen LogP contribution in [0.2, 0.25) is 0 Å². The Morgan fingerprint density at radius 3 is 1.74 bits per heavy atom. The molecule has 5 aromatic carbocycles. The highest BCUT2D eigenvalue weighted by Crippen LogP contribution is 2.41. The van der Waals surface area contributed by atoms with Gasteiger partial charge in [0.05, 0.1) is 22.7 Å². The van der Waals surface area contributed by atoms with Crippen molar-refractivity contribution in [2.45, 2.75) is 25.3 Å². The fourth-order valence-corrected chi connectivity index (χ4v) is 6.78. The van der Waals surface area contributed by atoms with E-state index in [2.05, 4.69) is 18.9 Å². The molecule has 1 unspecified atom stereocenters. The minimum atomic E-state index is -1.76. The number of aromatic nitrogens is 6. The molecule has 246 valence electrons. The van der Waals surface area contributed by atoms with Gasteiger partial charge in [0.15, 0.2) is 11.4 Å². The summed E-state index contributed by atoms with van der Waals surface area (Å²) < 4.78 is 5.84. The fourth-order valence-electron chi connectivity index (χ4n) is 6.78. The van der Waals surface area contributed by atoms with Crippen molar-refractivity contribution in [2.75, 3.05) is 0 Å². The maximum Gasteiger partial charge on any atom is 0.358 e. The second-order valence-corrected chi connectivity index (χ2v) is 12.3. The zero-order chi connectivity index (χ0) is 34.6. The quantitative estimate of drug-likeness (QED) is 0.272. The summed E-state index contributed by atoms with van der Waals surface area (Å²) in [6.45, 7) is 4.17. The summed E-state index contributed by atoms with van der Waals surface area (Å²) in [5.41, 5.74) is -0.897. The molecule has 0 radical (unpaired) electrons. The van der Waals surface area contributed by atoms with Gasteiger partial charge in [-0.2, -0.15) is 9.36 Å². The van der Waals surface area contributed by atoms with Gasteiger partial charge in [-0.05, 0) is 59.5 Å². The van der Waals surface area contributed by atoms with Crippen LogP contribution in [0.1, 0.15) is 36.5 Å². The fraction of sp³-hybridized carbons (Fsp3) is 0.103. The summed E-state index contributed by atoms with van der Waals surface area (Å²) >= 11 is 0.